The fraction of sp³-hybridized carbons (Fsp3) is 0.474. The molecule has 1 aliphatic carbocycles. The van der Waals surface area contributed by atoms with Gasteiger partial charge in [-0.05, 0) is 25.3 Å². The maximum absolute atomic E-state index is 12.4. The van der Waals surface area contributed by atoms with Gasteiger partial charge in [-0.25, -0.2) is 4.98 Å². The van der Waals surface area contributed by atoms with E-state index in [-0.39, 0.29) is 5.92 Å². The predicted molar refractivity (Wildman–Crippen MR) is 90.1 cm³/mol. The third kappa shape index (κ3) is 2.67. The van der Waals surface area contributed by atoms with Crippen molar-refractivity contribution in [3.05, 3.63) is 41.9 Å². The van der Waals surface area contributed by atoms with E-state index in [0.29, 0.717) is 18.4 Å². The maximum Gasteiger partial charge on any atom is 0.223 e. The first-order chi connectivity index (χ1) is 11.2. The van der Waals surface area contributed by atoms with E-state index in [1.807, 2.05) is 18.3 Å². The highest BCUT2D eigenvalue weighted by atomic mass is 16.2. The van der Waals surface area contributed by atoms with Crippen LogP contribution in [0.15, 0.2) is 30.5 Å². The number of H-pyrrole nitrogens is 1. The smallest absolute Gasteiger partial charge is 0.223 e. The number of aromatic amines is 1. The Bertz CT molecular complexity index is 715. The molecule has 23 heavy (non-hydrogen) atoms. The van der Waals surface area contributed by atoms with Crippen molar-refractivity contribution in [1.82, 2.24) is 14.9 Å². The molecule has 1 aromatic carbocycles. The number of benzene rings is 1. The molecule has 1 aromatic heterocycles. The zero-order valence-electron chi connectivity index (χ0n) is 13.6. The highest BCUT2D eigenvalue weighted by molar-refractivity contribution is 5.80. The van der Waals surface area contributed by atoms with Gasteiger partial charge >= 0.3 is 0 Å². The van der Waals surface area contributed by atoms with Crippen LogP contribution in [0, 0.1) is 6.92 Å². The van der Waals surface area contributed by atoms with Crippen LogP contribution in [0.1, 0.15) is 49.4 Å². The van der Waals surface area contributed by atoms with Gasteiger partial charge in [0.15, 0.2) is 0 Å². The van der Waals surface area contributed by atoms with Crippen LogP contribution in [0.25, 0.3) is 11.3 Å². The minimum absolute atomic E-state index is 0.209. The molecule has 0 spiro atoms. The molecule has 1 saturated heterocycles. The summed E-state index contributed by atoms with van der Waals surface area (Å²) in [6.45, 7) is 2.93. The molecule has 2 aliphatic rings. The van der Waals surface area contributed by atoms with Gasteiger partial charge < -0.3 is 9.88 Å². The minimum atomic E-state index is 0.209. The van der Waals surface area contributed by atoms with Gasteiger partial charge in [0.1, 0.15) is 5.82 Å². The van der Waals surface area contributed by atoms with Gasteiger partial charge in [0.2, 0.25) is 5.91 Å². The SMILES string of the molecule is Cc1ccccc1-c1cnc(C2CC(=O)N(C3CCCC3)C2)[nH]1. The Kier molecular flexibility index (Phi) is 3.68. The van der Waals surface area contributed by atoms with E-state index in [1.165, 1.54) is 36.8 Å². The summed E-state index contributed by atoms with van der Waals surface area (Å²) in [6, 6.07) is 8.78. The van der Waals surface area contributed by atoms with Gasteiger partial charge in [-0.1, -0.05) is 37.1 Å². The molecule has 2 heterocycles. The third-order valence-electron chi connectivity index (χ3n) is 5.34. The summed E-state index contributed by atoms with van der Waals surface area (Å²) in [5.74, 6) is 1.47. The first-order valence-electron chi connectivity index (χ1n) is 8.63. The maximum atomic E-state index is 12.4. The Morgan fingerprint density at radius 3 is 2.78 bits per heavy atom. The van der Waals surface area contributed by atoms with Crippen LogP contribution >= 0.6 is 0 Å². The Morgan fingerprint density at radius 2 is 2.00 bits per heavy atom. The molecule has 4 heteroatoms. The number of rotatable bonds is 3. The Labute approximate surface area is 136 Å². The summed E-state index contributed by atoms with van der Waals surface area (Å²) in [5.41, 5.74) is 3.46. The number of nitrogens with one attached hydrogen (secondary N) is 1. The van der Waals surface area contributed by atoms with Crippen molar-refractivity contribution in [3.8, 4) is 11.3 Å². The zero-order valence-corrected chi connectivity index (χ0v) is 13.6. The Balaban J connectivity index is 1.53. The molecule has 1 amide bonds. The second kappa shape index (κ2) is 5.84. The van der Waals surface area contributed by atoms with E-state index in [9.17, 15) is 4.79 Å². The summed E-state index contributed by atoms with van der Waals surface area (Å²) in [6.07, 6.45) is 7.36. The van der Waals surface area contributed by atoms with Crippen molar-refractivity contribution in [1.29, 1.82) is 0 Å². The molecule has 120 valence electrons. The van der Waals surface area contributed by atoms with Crippen LogP contribution in [-0.4, -0.2) is 33.4 Å². The monoisotopic (exact) mass is 309 g/mol. The Hall–Kier alpha value is -2.10. The lowest BCUT2D eigenvalue weighted by Crippen LogP contribution is -2.34. The molecule has 1 atom stereocenters. The predicted octanol–water partition coefficient (Wildman–Crippen LogP) is 3.64. The van der Waals surface area contributed by atoms with Crippen molar-refractivity contribution in [2.45, 2.75) is 51.0 Å². The molecular formula is C19H23N3O. The van der Waals surface area contributed by atoms with Crippen molar-refractivity contribution >= 4 is 5.91 Å². The minimum Gasteiger partial charge on any atom is -0.342 e. The highest BCUT2D eigenvalue weighted by Gasteiger charge is 2.37. The molecule has 0 radical (unpaired) electrons. The van der Waals surface area contributed by atoms with Crippen molar-refractivity contribution in [3.63, 3.8) is 0 Å². The van der Waals surface area contributed by atoms with Crippen LogP contribution in [-0.2, 0) is 4.79 Å². The first-order valence-corrected chi connectivity index (χ1v) is 8.63. The number of aromatic nitrogens is 2. The molecule has 1 aliphatic heterocycles. The van der Waals surface area contributed by atoms with E-state index in [1.54, 1.807) is 0 Å². The van der Waals surface area contributed by atoms with Gasteiger partial charge in [-0.15, -0.1) is 0 Å². The van der Waals surface area contributed by atoms with Crippen LogP contribution in [0.4, 0.5) is 0 Å². The number of hydrogen-bond donors (Lipinski definition) is 1. The zero-order chi connectivity index (χ0) is 15.8. The van der Waals surface area contributed by atoms with E-state index in [0.717, 1.165) is 18.1 Å². The fourth-order valence-corrected chi connectivity index (χ4v) is 4.04. The van der Waals surface area contributed by atoms with E-state index in [4.69, 9.17) is 0 Å². The number of carbonyl (C=O) groups excluding carboxylic acids is 1. The largest absolute Gasteiger partial charge is 0.342 e. The quantitative estimate of drug-likeness (QED) is 0.941. The van der Waals surface area contributed by atoms with E-state index < -0.39 is 0 Å². The molecule has 4 nitrogen and oxygen atoms in total. The normalized spacial score (nSPS) is 22.2. The van der Waals surface area contributed by atoms with Gasteiger partial charge in [-0.3, -0.25) is 4.79 Å². The average Bonchev–Trinajstić information content (AvgIpc) is 3.27. The molecule has 1 saturated carbocycles. The number of imidazole rings is 1. The number of amides is 1. The van der Waals surface area contributed by atoms with Crippen molar-refractivity contribution in [2.24, 2.45) is 0 Å². The summed E-state index contributed by atoms with van der Waals surface area (Å²) < 4.78 is 0. The number of aryl methyl sites for hydroxylation is 1. The van der Waals surface area contributed by atoms with Crippen LogP contribution in [0.2, 0.25) is 0 Å². The third-order valence-corrected chi connectivity index (χ3v) is 5.34. The molecule has 2 aromatic rings. The van der Waals surface area contributed by atoms with Crippen molar-refractivity contribution in [2.75, 3.05) is 6.54 Å². The number of hydrogen-bond acceptors (Lipinski definition) is 2. The number of likely N-dealkylation sites (tertiary alicyclic amines) is 1. The van der Waals surface area contributed by atoms with Crippen LogP contribution < -0.4 is 0 Å². The summed E-state index contributed by atoms with van der Waals surface area (Å²) in [7, 11) is 0. The molecule has 1 unspecified atom stereocenters. The molecule has 1 N–H and O–H groups in total. The molecule has 2 fully saturated rings. The number of carbonyl (C=O) groups is 1. The first kappa shape index (κ1) is 14.5. The Morgan fingerprint density at radius 1 is 1.22 bits per heavy atom. The van der Waals surface area contributed by atoms with Crippen LogP contribution in [0.3, 0.4) is 0 Å². The lowest BCUT2D eigenvalue weighted by molar-refractivity contribution is -0.129. The molecular weight excluding hydrogens is 286 g/mol. The standard InChI is InChI=1S/C19H23N3O/c1-13-6-2-5-9-16(13)17-11-20-19(21-17)14-10-18(23)22(12-14)15-7-3-4-8-15/h2,5-6,9,11,14-15H,3-4,7-8,10,12H2,1H3,(H,20,21). The molecule has 0 bridgehead atoms. The second-order valence-electron chi connectivity index (χ2n) is 6.88. The van der Waals surface area contributed by atoms with Gasteiger partial charge in [0.05, 0.1) is 11.9 Å². The van der Waals surface area contributed by atoms with Gasteiger partial charge in [0, 0.05) is 30.5 Å². The lowest BCUT2D eigenvalue weighted by atomic mass is 10.1. The summed E-state index contributed by atoms with van der Waals surface area (Å²) >= 11 is 0. The van der Waals surface area contributed by atoms with Gasteiger partial charge in [0.25, 0.3) is 0 Å². The average molecular weight is 309 g/mol. The summed E-state index contributed by atoms with van der Waals surface area (Å²) in [5, 5.41) is 0. The van der Waals surface area contributed by atoms with Crippen molar-refractivity contribution < 1.29 is 4.79 Å². The second-order valence-corrected chi connectivity index (χ2v) is 6.88. The van der Waals surface area contributed by atoms with E-state index >= 15 is 0 Å². The topological polar surface area (TPSA) is 49.0 Å². The number of nitrogens with zero attached hydrogens (tertiary/aromatic N) is 2. The van der Waals surface area contributed by atoms with Gasteiger partial charge in [-0.2, -0.15) is 0 Å². The van der Waals surface area contributed by atoms with Crippen LogP contribution in [0.5, 0.6) is 0 Å². The lowest BCUT2D eigenvalue weighted by Gasteiger charge is -2.23. The molecule has 4 rings (SSSR count). The fourth-order valence-electron chi connectivity index (χ4n) is 4.04. The van der Waals surface area contributed by atoms with E-state index in [2.05, 4.69) is 33.9 Å². The summed E-state index contributed by atoms with van der Waals surface area (Å²) in [4.78, 5) is 22.5. The highest BCUT2D eigenvalue weighted by Crippen LogP contribution is 2.34.